The smallest absolute Gasteiger partial charge is 0.128 e. The maximum Gasteiger partial charge on any atom is 0.128 e. The minimum absolute atomic E-state index is 0.538. The number of thiophene rings is 1. The molecule has 0 amide bonds. The highest BCUT2D eigenvalue weighted by Crippen LogP contribution is 2.56. The van der Waals surface area contributed by atoms with Crippen LogP contribution in [-0.4, -0.2) is 33.6 Å². The second kappa shape index (κ2) is 6.20. The minimum Gasteiger partial charge on any atom is -0.321 e. The van der Waals surface area contributed by atoms with E-state index >= 15 is 0 Å². The van der Waals surface area contributed by atoms with Crippen molar-refractivity contribution in [3.05, 3.63) is 39.6 Å². The molecule has 1 saturated carbocycles. The molecule has 0 aromatic carbocycles. The maximum atomic E-state index is 6.17. The lowest BCUT2D eigenvalue weighted by Crippen LogP contribution is -2.36. The number of imidazole rings is 1. The second-order valence-electron chi connectivity index (χ2n) is 6.93. The fraction of sp³-hybridized carbons (Fsp3) is 0.588. The van der Waals surface area contributed by atoms with Gasteiger partial charge in [-0.3, -0.25) is 4.90 Å². The Hall–Kier alpha value is -0.880. The van der Waals surface area contributed by atoms with Crippen molar-refractivity contribution < 1.29 is 0 Å². The zero-order valence-corrected chi connectivity index (χ0v) is 15.0. The molecule has 4 rings (SSSR count). The van der Waals surface area contributed by atoms with Gasteiger partial charge in [0.05, 0.1) is 12.7 Å². The molecule has 2 aromatic heterocycles. The van der Waals surface area contributed by atoms with E-state index in [0.717, 1.165) is 32.0 Å². The predicted octanol–water partition coefficient (Wildman–Crippen LogP) is 3.28. The van der Waals surface area contributed by atoms with Gasteiger partial charge in [-0.25, -0.2) is 4.98 Å². The molecule has 23 heavy (non-hydrogen) atoms. The van der Waals surface area contributed by atoms with E-state index in [4.69, 9.17) is 11.6 Å². The summed E-state index contributed by atoms with van der Waals surface area (Å²) < 4.78 is 2.00. The van der Waals surface area contributed by atoms with Crippen molar-refractivity contribution in [2.24, 2.45) is 12.5 Å². The van der Waals surface area contributed by atoms with Crippen LogP contribution in [0.3, 0.4) is 0 Å². The summed E-state index contributed by atoms with van der Waals surface area (Å²) in [5.41, 5.74) is 1.95. The largest absolute Gasteiger partial charge is 0.321 e. The van der Waals surface area contributed by atoms with E-state index in [9.17, 15) is 0 Å². The van der Waals surface area contributed by atoms with Gasteiger partial charge in [0.15, 0.2) is 0 Å². The second-order valence-corrected chi connectivity index (χ2v) is 8.09. The summed E-state index contributed by atoms with van der Waals surface area (Å²) >= 11 is 7.94. The van der Waals surface area contributed by atoms with Crippen LogP contribution >= 0.6 is 22.9 Å². The molecule has 4 nitrogen and oxygen atoms in total. The fourth-order valence-corrected chi connectivity index (χ4v) is 4.76. The SMILES string of the molecule is Cn1c(Cl)cnc1CN(Cc1ccsc1)[C@@H]1CC12CCNCC2. The summed E-state index contributed by atoms with van der Waals surface area (Å²) in [4.78, 5) is 7.12. The first-order valence-electron chi connectivity index (χ1n) is 8.30. The number of aromatic nitrogens is 2. The highest BCUT2D eigenvalue weighted by atomic mass is 35.5. The lowest BCUT2D eigenvalue weighted by atomic mass is 9.93. The Morgan fingerprint density at radius 2 is 2.26 bits per heavy atom. The Kier molecular flexibility index (Phi) is 4.22. The molecule has 1 N–H and O–H groups in total. The van der Waals surface area contributed by atoms with Crippen LogP contribution < -0.4 is 5.32 Å². The number of hydrogen-bond donors (Lipinski definition) is 1. The van der Waals surface area contributed by atoms with Crippen LogP contribution in [0.2, 0.25) is 5.15 Å². The third kappa shape index (κ3) is 3.07. The zero-order chi connectivity index (χ0) is 15.9. The average Bonchev–Trinajstić information content (AvgIpc) is 2.88. The lowest BCUT2D eigenvalue weighted by Gasteiger charge is -2.29. The predicted molar refractivity (Wildman–Crippen MR) is 94.7 cm³/mol. The average molecular weight is 351 g/mol. The molecule has 1 atom stereocenters. The Labute approximate surface area is 146 Å². The van der Waals surface area contributed by atoms with Crippen LogP contribution in [0.25, 0.3) is 0 Å². The normalized spacial score (nSPS) is 22.8. The molecule has 0 radical (unpaired) electrons. The first kappa shape index (κ1) is 15.6. The van der Waals surface area contributed by atoms with Gasteiger partial charge in [-0.15, -0.1) is 0 Å². The van der Waals surface area contributed by atoms with Crippen molar-refractivity contribution >= 4 is 22.9 Å². The zero-order valence-electron chi connectivity index (χ0n) is 13.5. The minimum atomic E-state index is 0.538. The third-order valence-corrected chi connectivity index (χ3v) is 6.61. The highest BCUT2D eigenvalue weighted by Gasteiger charge is 2.56. The standard InChI is InChI=1S/C17H23ClN4S/c1-21-15(18)9-20-16(21)11-22(10-13-2-7-23-12-13)14-8-17(14)3-5-19-6-4-17/h2,7,9,12,14,19H,3-6,8,10-11H2,1H3/t14-/m1/s1. The number of piperidine rings is 1. The molecule has 1 saturated heterocycles. The number of hydrogen-bond acceptors (Lipinski definition) is 4. The van der Waals surface area contributed by atoms with Crippen LogP contribution in [0.15, 0.2) is 23.0 Å². The molecule has 6 heteroatoms. The molecule has 1 aliphatic heterocycles. The van der Waals surface area contributed by atoms with E-state index in [0.29, 0.717) is 16.6 Å². The van der Waals surface area contributed by atoms with Crippen LogP contribution in [0, 0.1) is 5.41 Å². The van der Waals surface area contributed by atoms with Crippen molar-refractivity contribution in [3.63, 3.8) is 0 Å². The van der Waals surface area contributed by atoms with Gasteiger partial charge in [0.2, 0.25) is 0 Å². The summed E-state index contributed by atoms with van der Waals surface area (Å²) in [5, 5.41) is 8.63. The molecular weight excluding hydrogens is 328 g/mol. The van der Waals surface area contributed by atoms with Crippen molar-refractivity contribution in [2.75, 3.05) is 13.1 Å². The van der Waals surface area contributed by atoms with Gasteiger partial charge in [0.1, 0.15) is 11.0 Å². The number of nitrogens with one attached hydrogen (secondary N) is 1. The quantitative estimate of drug-likeness (QED) is 0.898. The van der Waals surface area contributed by atoms with Gasteiger partial charge >= 0.3 is 0 Å². The first-order valence-corrected chi connectivity index (χ1v) is 9.62. The molecule has 2 fully saturated rings. The monoisotopic (exact) mass is 350 g/mol. The molecule has 0 bridgehead atoms. The molecule has 2 aliphatic rings. The van der Waals surface area contributed by atoms with Crippen molar-refractivity contribution in [2.45, 2.75) is 38.4 Å². The van der Waals surface area contributed by atoms with Crippen molar-refractivity contribution in [3.8, 4) is 0 Å². The van der Waals surface area contributed by atoms with Gasteiger partial charge in [-0.05, 0) is 60.2 Å². The van der Waals surface area contributed by atoms with Gasteiger partial charge < -0.3 is 9.88 Å². The molecule has 124 valence electrons. The number of nitrogens with zero attached hydrogens (tertiary/aromatic N) is 3. The fourth-order valence-electron chi connectivity index (χ4n) is 3.95. The number of halogens is 1. The van der Waals surface area contributed by atoms with Crippen molar-refractivity contribution in [1.29, 1.82) is 0 Å². The van der Waals surface area contributed by atoms with E-state index in [2.05, 4.69) is 32.0 Å². The van der Waals surface area contributed by atoms with Crippen LogP contribution in [0.4, 0.5) is 0 Å². The Balaban J connectivity index is 1.53. The van der Waals surface area contributed by atoms with Crippen molar-refractivity contribution in [1.82, 2.24) is 19.8 Å². The summed E-state index contributed by atoms with van der Waals surface area (Å²) in [6.07, 6.45) is 5.70. The lowest BCUT2D eigenvalue weighted by molar-refractivity contribution is 0.183. The van der Waals surface area contributed by atoms with Gasteiger partial charge in [0, 0.05) is 19.6 Å². The molecular formula is C17H23ClN4S. The molecule has 1 aliphatic carbocycles. The van der Waals surface area contributed by atoms with Gasteiger partial charge in [-0.1, -0.05) is 11.6 Å². The summed E-state index contributed by atoms with van der Waals surface area (Å²) in [7, 11) is 2.00. The highest BCUT2D eigenvalue weighted by molar-refractivity contribution is 7.07. The first-order chi connectivity index (χ1) is 11.2. The van der Waals surface area contributed by atoms with Crippen LogP contribution in [0.1, 0.15) is 30.7 Å². The summed E-state index contributed by atoms with van der Waals surface area (Å²) in [6.45, 7) is 4.21. The summed E-state index contributed by atoms with van der Waals surface area (Å²) in [5.74, 6) is 1.06. The van der Waals surface area contributed by atoms with Gasteiger partial charge in [0.25, 0.3) is 0 Å². The Morgan fingerprint density at radius 3 is 2.91 bits per heavy atom. The molecule has 0 unspecified atom stereocenters. The number of rotatable bonds is 5. The van der Waals surface area contributed by atoms with E-state index in [-0.39, 0.29) is 0 Å². The Morgan fingerprint density at radius 1 is 1.43 bits per heavy atom. The van der Waals surface area contributed by atoms with E-state index in [1.165, 1.54) is 24.8 Å². The van der Waals surface area contributed by atoms with Crippen LogP contribution in [-0.2, 0) is 20.1 Å². The van der Waals surface area contributed by atoms with Crippen LogP contribution in [0.5, 0.6) is 0 Å². The summed E-state index contributed by atoms with van der Waals surface area (Å²) in [6, 6.07) is 2.92. The van der Waals surface area contributed by atoms with E-state index in [1.807, 2.05) is 11.6 Å². The van der Waals surface area contributed by atoms with Gasteiger partial charge in [-0.2, -0.15) is 11.3 Å². The Bertz CT molecular complexity index is 660. The topological polar surface area (TPSA) is 33.1 Å². The molecule has 1 spiro atoms. The molecule has 2 aromatic rings. The van der Waals surface area contributed by atoms with E-state index in [1.54, 1.807) is 17.5 Å². The maximum absolute atomic E-state index is 6.17. The molecule has 3 heterocycles. The third-order valence-electron chi connectivity index (χ3n) is 5.52. The van der Waals surface area contributed by atoms with E-state index < -0.39 is 0 Å².